The van der Waals surface area contributed by atoms with Crippen LogP contribution in [0.2, 0.25) is 0 Å². The molecule has 1 aliphatic rings. The topological polar surface area (TPSA) is 37.3 Å². The lowest BCUT2D eigenvalue weighted by Gasteiger charge is -2.26. The summed E-state index contributed by atoms with van der Waals surface area (Å²) in [7, 11) is 0. The molecule has 10 heteroatoms. The summed E-state index contributed by atoms with van der Waals surface area (Å²) < 4.78 is 88.5. The van der Waals surface area contributed by atoms with Gasteiger partial charge in [-0.1, -0.05) is 0 Å². The van der Waals surface area contributed by atoms with Crippen LogP contribution in [0.25, 0.3) is 11.1 Å². The molecule has 0 unspecified atom stereocenters. The van der Waals surface area contributed by atoms with E-state index in [9.17, 15) is 36.2 Å². The Morgan fingerprint density at radius 1 is 0.724 bits per heavy atom. The first-order valence-electron chi connectivity index (χ1n) is 8.38. The van der Waals surface area contributed by atoms with Crippen LogP contribution in [-0.2, 0) is 0 Å². The van der Waals surface area contributed by atoms with Crippen LogP contribution in [0.4, 0.5) is 26.3 Å². The van der Waals surface area contributed by atoms with E-state index >= 15 is 0 Å². The smallest absolute Gasteiger partial charge is 0.380 e. The summed E-state index contributed by atoms with van der Waals surface area (Å²) in [6, 6.07) is 0. The molecule has 3 rings (SSSR count). The van der Waals surface area contributed by atoms with Crippen LogP contribution in [0, 0.1) is 34.6 Å². The highest BCUT2D eigenvalue weighted by Gasteiger charge is 2.80. The quantitative estimate of drug-likeness (QED) is 0.514. The second kappa shape index (κ2) is 6.34. The molecule has 158 valence electrons. The van der Waals surface area contributed by atoms with Gasteiger partial charge in [0.2, 0.25) is 0 Å². The van der Waals surface area contributed by atoms with E-state index in [1.807, 2.05) is 0 Å². The number of aromatic carboxylic acids is 1. The number of allylic oxidation sites excluding steroid dienone is 2. The van der Waals surface area contributed by atoms with Crippen molar-refractivity contribution in [3.8, 4) is 0 Å². The number of rotatable bonds is 3. The molecule has 0 spiro atoms. The molecule has 0 aliphatic heterocycles. The van der Waals surface area contributed by atoms with Gasteiger partial charge < -0.3 is 5.11 Å². The highest BCUT2D eigenvalue weighted by atomic mass is 32.1. The summed E-state index contributed by atoms with van der Waals surface area (Å²) in [6.07, 6.45) is 0. The minimum Gasteiger partial charge on any atom is -0.477 e. The maximum absolute atomic E-state index is 14.9. The molecule has 0 bridgehead atoms. The van der Waals surface area contributed by atoms with Crippen LogP contribution in [-0.4, -0.2) is 28.8 Å². The Morgan fingerprint density at radius 3 is 1.48 bits per heavy atom. The molecule has 2 nitrogen and oxygen atoms in total. The van der Waals surface area contributed by atoms with Gasteiger partial charge in [0.15, 0.2) is 0 Å². The largest absolute Gasteiger partial charge is 0.477 e. The minimum absolute atomic E-state index is 0.0390. The van der Waals surface area contributed by atoms with E-state index in [1.54, 1.807) is 6.92 Å². The molecular weight excluding hydrogens is 438 g/mol. The predicted molar refractivity (Wildman–Crippen MR) is 101 cm³/mol. The van der Waals surface area contributed by atoms with E-state index in [0.717, 1.165) is 18.3 Å². The fourth-order valence-electron chi connectivity index (χ4n) is 3.78. The molecule has 1 aliphatic carbocycles. The fraction of sp³-hybridized carbons (Fsp3) is 0.421. The summed E-state index contributed by atoms with van der Waals surface area (Å²) in [5, 5.41) is 9.27. The van der Waals surface area contributed by atoms with Crippen molar-refractivity contribution in [1.29, 1.82) is 0 Å². The standard InChI is InChI=1S/C19H16F6O2S2/c1-6-8(3)28-9(4)11(6)13-14(18(22,23)19(24,25)17(13,20)21)12-7(2)15(16(26)27)29-10(12)5/h1-5H3,(H,26,27). The summed E-state index contributed by atoms with van der Waals surface area (Å²) in [5.41, 5.74) is -3.80. The van der Waals surface area contributed by atoms with Crippen molar-refractivity contribution in [3.05, 3.63) is 41.8 Å². The molecule has 0 aromatic carbocycles. The molecule has 2 heterocycles. The number of hydrogen-bond acceptors (Lipinski definition) is 3. The Morgan fingerprint density at radius 2 is 1.14 bits per heavy atom. The highest BCUT2D eigenvalue weighted by molar-refractivity contribution is 7.14. The van der Waals surface area contributed by atoms with Gasteiger partial charge >= 0.3 is 23.7 Å². The van der Waals surface area contributed by atoms with Crippen molar-refractivity contribution < 1.29 is 36.2 Å². The number of carboxylic acids is 1. The van der Waals surface area contributed by atoms with Crippen LogP contribution in [0.5, 0.6) is 0 Å². The first-order chi connectivity index (χ1) is 13.1. The third kappa shape index (κ3) is 2.64. The van der Waals surface area contributed by atoms with E-state index < -0.39 is 40.4 Å². The number of halogens is 6. The summed E-state index contributed by atoms with van der Waals surface area (Å²) in [5.74, 6) is -17.4. The minimum atomic E-state index is -5.66. The van der Waals surface area contributed by atoms with Crippen molar-refractivity contribution in [2.75, 3.05) is 0 Å². The van der Waals surface area contributed by atoms with Gasteiger partial charge in [0.1, 0.15) is 4.88 Å². The number of carboxylic acid groups (broad SMARTS) is 1. The third-order valence-electron chi connectivity index (χ3n) is 5.25. The van der Waals surface area contributed by atoms with Gasteiger partial charge in [0.05, 0.1) is 0 Å². The zero-order valence-electron chi connectivity index (χ0n) is 15.9. The number of carbonyl (C=O) groups is 1. The van der Waals surface area contributed by atoms with Gasteiger partial charge in [-0.15, -0.1) is 22.7 Å². The van der Waals surface area contributed by atoms with Crippen LogP contribution in [0.15, 0.2) is 0 Å². The van der Waals surface area contributed by atoms with Gasteiger partial charge in [0.25, 0.3) is 0 Å². The normalized spacial score (nSPS) is 19.8. The van der Waals surface area contributed by atoms with Crippen LogP contribution in [0.3, 0.4) is 0 Å². The second-order valence-electron chi connectivity index (χ2n) is 6.98. The molecule has 29 heavy (non-hydrogen) atoms. The van der Waals surface area contributed by atoms with Gasteiger partial charge in [-0.05, 0) is 45.7 Å². The van der Waals surface area contributed by atoms with Gasteiger partial charge in [-0.2, -0.15) is 26.3 Å². The monoisotopic (exact) mass is 454 g/mol. The Kier molecular flexibility index (Phi) is 4.79. The van der Waals surface area contributed by atoms with Crippen LogP contribution >= 0.6 is 22.7 Å². The molecule has 2 aromatic rings. The van der Waals surface area contributed by atoms with E-state index in [2.05, 4.69) is 0 Å². The molecule has 0 fully saturated rings. The first-order valence-corrected chi connectivity index (χ1v) is 10.0. The lowest BCUT2D eigenvalue weighted by atomic mass is 9.91. The molecule has 0 saturated heterocycles. The maximum Gasteiger partial charge on any atom is 0.380 e. The second-order valence-corrected chi connectivity index (χ2v) is 9.63. The summed E-state index contributed by atoms with van der Waals surface area (Å²) >= 11 is 1.64. The number of thiophene rings is 2. The SMILES string of the molecule is Cc1sc(C)c(C2=C(c3c(C)sc(C(=O)O)c3C)C(F)(F)C(F)(F)C2(F)F)c1C. The van der Waals surface area contributed by atoms with Crippen molar-refractivity contribution in [3.63, 3.8) is 0 Å². The summed E-state index contributed by atoms with van der Waals surface area (Å²) in [6.45, 7) is 6.83. The lowest BCUT2D eigenvalue weighted by molar-refractivity contribution is -0.254. The van der Waals surface area contributed by atoms with Crippen molar-refractivity contribution in [2.24, 2.45) is 0 Å². The fourth-order valence-corrected chi connectivity index (χ4v) is 5.85. The third-order valence-corrected chi connectivity index (χ3v) is 7.56. The molecule has 1 N–H and O–H groups in total. The van der Waals surface area contributed by atoms with E-state index in [-0.39, 0.29) is 31.3 Å². The Balaban J connectivity index is 2.55. The Hall–Kier alpha value is -1.81. The van der Waals surface area contributed by atoms with Gasteiger partial charge in [-0.25, -0.2) is 4.79 Å². The number of hydrogen-bond donors (Lipinski definition) is 1. The van der Waals surface area contributed by atoms with Crippen LogP contribution < -0.4 is 0 Å². The first kappa shape index (κ1) is 21.9. The average molecular weight is 454 g/mol. The number of alkyl halides is 6. The zero-order chi connectivity index (χ0) is 22.3. The molecule has 0 saturated carbocycles. The van der Waals surface area contributed by atoms with E-state index in [1.165, 1.54) is 20.8 Å². The van der Waals surface area contributed by atoms with Crippen molar-refractivity contribution >= 4 is 39.8 Å². The van der Waals surface area contributed by atoms with Crippen molar-refractivity contribution in [2.45, 2.75) is 52.4 Å². The van der Waals surface area contributed by atoms with E-state index in [4.69, 9.17) is 0 Å². The highest BCUT2D eigenvalue weighted by Crippen LogP contribution is 2.66. The molecular formula is C19H16F6O2S2. The van der Waals surface area contributed by atoms with Crippen molar-refractivity contribution in [1.82, 2.24) is 0 Å². The molecule has 0 atom stereocenters. The average Bonchev–Trinajstić information content (AvgIpc) is 3.04. The van der Waals surface area contributed by atoms with Crippen LogP contribution in [0.1, 0.15) is 46.6 Å². The lowest BCUT2D eigenvalue weighted by Crippen LogP contribution is -2.49. The Labute approximate surface area is 170 Å². The molecule has 0 radical (unpaired) electrons. The zero-order valence-corrected chi connectivity index (χ0v) is 17.6. The maximum atomic E-state index is 14.9. The van der Waals surface area contributed by atoms with Gasteiger partial charge in [-0.3, -0.25) is 0 Å². The predicted octanol–water partition coefficient (Wildman–Crippen LogP) is 6.88. The van der Waals surface area contributed by atoms with E-state index in [0.29, 0.717) is 16.2 Å². The number of aryl methyl sites for hydroxylation is 3. The molecule has 0 amide bonds. The summed E-state index contributed by atoms with van der Waals surface area (Å²) in [4.78, 5) is 11.8. The Bertz CT molecular complexity index is 1080. The molecule has 2 aromatic heterocycles. The van der Waals surface area contributed by atoms with Gasteiger partial charge in [0, 0.05) is 36.9 Å².